The van der Waals surface area contributed by atoms with Gasteiger partial charge in [-0.05, 0) is 61.2 Å². The van der Waals surface area contributed by atoms with E-state index in [9.17, 15) is 0 Å². The molecule has 1 nitrogen and oxygen atoms in total. The quantitative estimate of drug-likeness (QED) is 0.758. The zero-order chi connectivity index (χ0) is 12.5. The van der Waals surface area contributed by atoms with Crippen LogP contribution in [0.1, 0.15) is 52.9 Å². The van der Waals surface area contributed by atoms with Gasteiger partial charge < -0.3 is 5.11 Å². The molecule has 0 aromatic heterocycles. The molecule has 0 heterocycles. The highest BCUT2D eigenvalue weighted by atomic mass is 16.2. The Hall–Kier alpha value is -0.820. The lowest BCUT2D eigenvalue weighted by atomic mass is 9.68. The zero-order valence-electron chi connectivity index (χ0n) is 11.3. The topological polar surface area (TPSA) is 20.2 Å². The highest BCUT2D eigenvalue weighted by molar-refractivity contribution is 5.45. The smallest absolute Gasteiger partial charge is 0.0618 e. The highest BCUT2D eigenvalue weighted by Gasteiger charge is 2.30. The lowest BCUT2D eigenvalue weighted by Crippen LogP contribution is -2.22. The van der Waals surface area contributed by atoms with Gasteiger partial charge in [0, 0.05) is 0 Å². The fourth-order valence-electron chi connectivity index (χ4n) is 3.16. The zero-order valence-corrected chi connectivity index (χ0v) is 11.3. The minimum atomic E-state index is 0.151. The molecular weight excluding hydrogens is 208 g/mol. The Kier molecular flexibility index (Phi) is 3.58. The van der Waals surface area contributed by atoms with Crippen molar-refractivity contribution in [3.8, 4) is 0 Å². The first-order valence-corrected chi connectivity index (χ1v) is 6.75. The molecule has 0 fully saturated rings. The van der Waals surface area contributed by atoms with Crippen LogP contribution in [0.2, 0.25) is 0 Å². The van der Waals surface area contributed by atoms with Crippen molar-refractivity contribution in [3.05, 3.63) is 34.4 Å². The first kappa shape index (κ1) is 12.6. The maximum absolute atomic E-state index is 8.99. The SMILES string of the molecule is C/C(=C/CO)C1=CC2=C(CCCC2(C)C)CC1. The first-order chi connectivity index (χ1) is 8.04. The van der Waals surface area contributed by atoms with E-state index in [1.807, 2.05) is 6.08 Å². The molecule has 2 aliphatic rings. The Morgan fingerprint density at radius 2 is 2.12 bits per heavy atom. The van der Waals surface area contributed by atoms with Crippen molar-refractivity contribution in [2.75, 3.05) is 6.61 Å². The molecule has 0 aromatic rings. The lowest BCUT2D eigenvalue weighted by Gasteiger charge is -2.37. The molecule has 0 aliphatic heterocycles. The normalized spacial score (nSPS) is 24.5. The Labute approximate surface area is 105 Å². The number of allylic oxidation sites excluding steroid dienone is 5. The third-order valence-electron chi connectivity index (χ3n) is 4.31. The van der Waals surface area contributed by atoms with E-state index in [1.165, 1.54) is 36.8 Å². The molecule has 0 aromatic carbocycles. The second-order valence-corrected chi connectivity index (χ2v) is 5.99. The summed E-state index contributed by atoms with van der Waals surface area (Å²) in [5.41, 5.74) is 6.28. The second-order valence-electron chi connectivity index (χ2n) is 5.99. The molecule has 1 N–H and O–H groups in total. The first-order valence-electron chi connectivity index (χ1n) is 6.75. The van der Waals surface area contributed by atoms with E-state index in [1.54, 1.807) is 11.1 Å². The fourth-order valence-corrected chi connectivity index (χ4v) is 3.16. The van der Waals surface area contributed by atoms with Crippen LogP contribution in [0.15, 0.2) is 34.4 Å². The molecule has 0 saturated heterocycles. The fraction of sp³-hybridized carbons (Fsp3) is 0.625. The van der Waals surface area contributed by atoms with Gasteiger partial charge in [-0.15, -0.1) is 0 Å². The third-order valence-corrected chi connectivity index (χ3v) is 4.31. The number of hydrogen-bond acceptors (Lipinski definition) is 1. The van der Waals surface area contributed by atoms with Crippen LogP contribution in [-0.4, -0.2) is 11.7 Å². The van der Waals surface area contributed by atoms with Crippen molar-refractivity contribution in [3.63, 3.8) is 0 Å². The molecule has 0 saturated carbocycles. The number of rotatable bonds is 2. The molecule has 2 aliphatic carbocycles. The van der Waals surface area contributed by atoms with Crippen LogP contribution in [0.4, 0.5) is 0 Å². The molecule has 0 bridgehead atoms. The lowest BCUT2D eigenvalue weighted by molar-refractivity contribution is 0.342. The van der Waals surface area contributed by atoms with Crippen molar-refractivity contribution in [1.29, 1.82) is 0 Å². The van der Waals surface area contributed by atoms with Crippen LogP contribution in [0.3, 0.4) is 0 Å². The van der Waals surface area contributed by atoms with Crippen LogP contribution in [0.5, 0.6) is 0 Å². The summed E-state index contributed by atoms with van der Waals surface area (Å²) < 4.78 is 0. The van der Waals surface area contributed by atoms with Gasteiger partial charge in [-0.25, -0.2) is 0 Å². The van der Waals surface area contributed by atoms with Gasteiger partial charge in [0.05, 0.1) is 6.61 Å². The van der Waals surface area contributed by atoms with Gasteiger partial charge in [0.25, 0.3) is 0 Å². The third kappa shape index (κ3) is 2.55. The van der Waals surface area contributed by atoms with Crippen LogP contribution in [-0.2, 0) is 0 Å². The van der Waals surface area contributed by atoms with E-state index in [4.69, 9.17) is 5.11 Å². The predicted octanol–water partition coefficient (Wildman–Crippen LogP) is 4.15. The summed E-state index contributed by atoms with van der Waals surface area (Å²) in [5.74, 6) is 0. The molecule has 0 amide bonds. The average molecular weight is 232 g/mol. The minimum absolute atomic E-state index is 0.151. The minimum Gasteiger partial charge on any atom is -0.392 e. The van der Waals surface area contributed by atoms with E-state index >= 15 is 0 Å². The van der Waals surface area contributed by atoms with Crippen molar-refractivity contribution in [2.24, 2.45) is 5.41 Å². The van der Waals surface area contributed by atoms with E-state index in [-0.39, 0.29) is 6.61 Å². The van der Waals surface area contributed by atoms with Crippen LogP contribution >= 0.6 is 0 Å². The van der Waals surface area contributed by atoms with Gasteiger partial charge in [-0.3, -0.25) is 0 Å². The van der Waals surface area contributed by atoms with E-state index in [0.717, 1.165) is 6.42 Å². The molecule has 0 unspecified atom stereocenters. The standard InChI is InChI=1S/C16H24O/c1-12(8-10-17)14-7-6-13-5-4-9-16(2,3)15(13)11-14/h8,11,17H,4-7,9-10H2,1-3H3/b12-8-. The molecule has 0 atom stereocenters. The molecule has 17 heavy (non-hydrogen) atoms. The second kappa shape index (κ2) is 4.81. The van der Waals surface area contributed by atoms with Gasteiger partial charge in [0.2, 0.25) is 0 Å². The predicted molar refractivity (Wildman–Crippen MR) is 72.8 cm³/mol. The molecule has 2 rings (SSSR count). The Morgan fingerprint density at radius 3 is 2.82 bits per heavy atom. The Morgan fingerprint density at radius 1 is 1.35 bits per heavy atom. The van der Waals surface area contributed by atoms with Crippen molar-refractivity contribution < 1.29 is 5.11 Å². The number of hydrogen-bond donors (Lipinski definition) is 1. The molecule has 0 spiro atoms. The largest absolute Gasteiger partial charge is 0.392 e. The summed E-state index contributed by atoms with van der Waals surface area (Å²) in [7, 11) is 0. The summed E-state index contributed by atoms with van der Waals surface area (Å²) in [6.45, 7) is 7.00. The van der Waals surface area contributed by atoms with Gasteiger partial charge in [0.1, 0.15) is 0 Å². The number of aliphatic hydroxyl groups is 1. The van der Waals surface area contributed by atoms with Gasteiger partial charge in [-0.1, -0.05) is 31.6 Å². The summed E-state index contributed by atoms with van der Waals surface area (Å²) in [6, 6.07) is 0. The average Bonchev–Trinajstić information content (AvgIpc) is 2.29. The molecule has 1 heteroatoms. The summed E-state index contributed by atoms with van der Waals surface area (Å²) >= 11 is 0. The monoisotopic (exact) mass is 232 g/mol. The molecular formula is C16H24O. The van der Waals surface area contributed by atoms with Crippen molar-refractivity contribution in [1.82, 2.24) is 0 Å². The van der Waals surface area contributed by atoms with Crippen LogP contribution < -0.4 is 0 Å². The summed E-state index contributed by atoms with van der Waals surface area (Å²) in [6.07, 6.45) is 10.6. The highest BCUT2D eigenvalue weighted by Crippen LogP contribution is 2.45. The van der Waals surface area contributed by atoms with Crippen LogP contribution in [0.25, 0.3) is 0 Å². The summed E-state index contributed by atoms with van der Waals surface area (Å²) in [5, 5.41) is 8.99. The van der Waals surface area contributed by atoms with E-state index in [0.29, 0.717) is 5.41 Å². The van der Waals surface area contributed by atoms with Crippen molar-refractivity contribution >= 4 is 0 Å². The van der Waals surface area contributed by atoms with Gasteiger partial charge in [-0.2, -0.15) is 0 Å². The van der Waals surface area contributed by atoms with Crippen molar-refractivity contribution in [2.45, 2.75) is 52.9 Å². The molecule has 94 valence electrons. The Balaban J connectivity index is 2.34. The van der Waals surface area contributed by atoms with E-state index in [2.05, 4.69) is 26.8 Å². The number of aliphatic hydroxyl groups excluding tert-OH is 1. The van der Waals surface area contributed by atoms with Gasteiger partial charge in [0.15, 0.2) is 0 Å². The van der Waals surface area contributed by atoms with E-state index < -0.39 is 0 Å². The maximum atomic E-state index is 8.99. The molecule has 0 radical (unpaired) electrons. The summed E-state index contributed by atoms with van der Waals surface area (Å²) in [4.78, 5) is 0. The van der Waals surface area contributed by atoms with Crippen LogP contribution in [0, 0.1) is 5.41 Å². The van der Waals surface area contributed by atoms with Gasteiger partial charge >= 0.3 is 0 Å². The Bertz CT molecular complexity index is 394. The maximum Gasteiger partial charge on any atom is 0.0618 e.